The number of rotatable bonds is 5. The molecule has 0 aromatic rings. The quantitative estimate of drug-likeness (QED) is 0.738. The van der Waals surface area contributed by atoms with Gasteiger partial charge in [-0.2, -0.15) is 0 Å². The van der Waals surface area contributed by atoms with E-state index in [1.54, 1.807) is 6.26 Å². The SMILES string of the molecule is CC(CNC(=O)CC1CCCCN1)S(C)=O. The van der Waals surface area contributed by atoms with Gasteiger partial charge in [0.15, 0.2) is 0 Å². The minimum absolute atomic E-state index is 0.0308. The van der Waals surface area contributed by atoms with Gasteiger partial charge in [-0.25, -0.2) is 0 Å². The Labute approximate surface area is 100 Å². The van der Waals surface area contributed by atoms with Gasteiger partial charge in [-0.3, -0.25) is 9.00 Å². The van der Waals surface area contributed by atoms with Gasteiger partial charge in [0.25, 0.3) is 0 Å². The van der Waals surface area contributed by atoms with E-state index in [0.29, 0.717) is 19.0 Å². The van der Waals surface area contributed by atoms with E-state index in [0.717, 1.165) is 13.0 Å². The first-order chi connectivity index (χ1) is 7.59. The van der Waals surface area contributed by atoms with Crippen molar-refractivity contribution in [2.75, 3.05) is 19.3 Å². The molecule has 1 aliphatic rings. The van der Waals surface area contributed by atoms with Crippen molar-refractivity contribution < 1.29 is 9.00 Å². The second-order valence-corrected chi connectivity index (χ2v) is 6.27. The fourth-order valence-electron chi connectivity index (χ4n) is 1.77. The molecule has 0 aliphatic carbocycles. The summed E-state index contributed by atoms with van der Waals surface area (Å²) in [7, 11) is -0.864. The Morgan fingerprint density at radius 3 is 2.88 bits per heavy atom. The van der Waals surface area contributed by atoms with Crippen molar-refractivity contribution in [2.45, 2.75) is 43.9 Å². The van der Waals surface area contributed by atoms with Crippen LogP contribution in [-0.2, 0) is 15.6 Å². The lowest BCUT2D eigenvalue weighted by Gasteiger charge is -2.23. The highest BCUT2D eigenvalue weighted by Crippen LogP contribution is 2.09. The summed E-state index contributed by atoms with van der Waals surface area (Å²) >= 11 is 0. The van der Waals surface area contributed by atoms with Crippen LogP contribution >= 0.6 is 0 Å². The predicted octanol–water partition coefficient (Wildman–Crippen LogP) is 0.402. The molecule has 0 radical (unpaired) electrons. The molecule has 0 aromatic carbocycles. The lowest BCUT2D eigenvalue weighted by atomic mass is 10.0. The summed E-state index contributed by atoms with van der Waals surface area (Å²) in [5.74, 6) is 0.0664. The van der Waals surface area contributed by atoms with E-state index in [9.17, 15) is 9.00 Å². The van der Waals surface area contributed by atoms with Crippen LogP contribution in [0.2, 0.25) is 0 Å². The van der Waals surface area contributed by atoms with Gasteiger partial charge >= 0.3 is 0 Å². The first-order valence-corrected chi connectivity index (χ1v) is 7.54. The Balaban J connectivity index is 2.17. The zero-order valence-electron chi connectivity index (χ0n) is 10.1. The minimum Gasteiger partial charge on any atom is -0.355 e. The molecule has 4 nitrogen and oxygen atoms in total. The molecule has 3 atom stereocenters. The van der Waals surface area contributed by atoms with E-state index >= 15 is 0 Å². The van der Waals surface area contributed by atoms with E-state index in [-0.39, 0.29) is 11.2 Å². The molecule has 1 heterocycles. The van der Waals surface area contributed by atoms with Crippen molar-refractivity contribution in [3.8, 4) is 0 Å². The number of amides is 1. The van der Waals surface area contributed by atoms with Gasteiger partial charge < -0.3 is 10.6 Å². The molecule has 3 unspecified atom stereocenters. The van der Waals surface area contributed by atoms with Crippen molar-refractivity contribution >= 4 is 16.7 Å². The molecular formula is C11H22N2O2S. The Morgan fingerprint density at radius 2 is 2.31 bits per heavy atom. The normalized spacial score (nSPS) is 24.8. The number of carbonyl (C=O) groups excluding carboxylic acids is 1. The Morgan fingerprint density at radius 1 is 1.56 bits per heavy atom. The van der Waals surface area contributed by atoms with Gasteiger partial charge in [0, 0.05) is 41.3 Å². The first-order valence-electron chi connectivity index (χ1n) is 5.92. The average Bonchev–Trinajstić information content (AvgIpc) is 2.27. The van der Waals surface area contributed by atoms with Crippen LogP contribution in [0.4, 0.5) is 0 Å². The number of nitrogens with one attached hydrogen (secondary N) is 2. The fourth-order valence-corrected chi connectivity index (χ4v) is 2.09. The highest BCUT2D eigenvalue weighted by molar-refractivity contribution is 7.84. The summed E-state index contributed by atoms with van der Waals surface area (Å²) in [5, 5.41) is 6.21. The van der Waals surface area contributed by atoms with Gasteiger partial charge in [-0.15, -0.1) is 0 Å². The van der Waals surface area contributed by atoms with Gasteiger partial charge in [-0.05, 0) is 26.3 Å². The lowest BCUT2D eigenvalue weighted by Crippen LogP contribution is -2.40. The Kier molecular flexibility index (Phi) is 5.98. The standard InChI is InChI=1S/C11H22N2O2S/c1-9(16(2)15)8-13-11(14)7-10-5-3-4-6-12-10/h9-10,12H,3-8H2,1-2H3,(H,13,14). The molecule has 0 bridgehead atoms. The molecule has 1 rings (SSSR count). The van der Waals surface area contributed by atoms with Crippen molar-refractivity contribution in [2.24, 2.45) is 0 Å². The maximum atomic E-state index is 11.6. The second kappa shape index (κ2) is 7.01. The fraction of sp³-hybridized carbons (Fsp3) is 0.909. The molecule has 0 spiro atoms. The first kappa shape index (κ1) is 13.6. The number of hydrogen-bond acceptors (Lipinski definition) is 3. The van der Waals surface area contributed by atoms with Crippen LogP contribution in [0.15, 0.2) is 0 Å². The summed E-state index contributed by atoms with van der Waals surface area (Å²) in [4.78, 5) is 11.6. The largest absolute Gasteiger partial charge is 0.355 e. The van der Waals surface area contributed by atoms with Gasteiger partial charge in [-0.1, -0.05) is 6.42 Å². The summed E-state index contributed by atoms with van der Waals surface area (Å²) in [6.07, 6.45) is 5.72. The van der Waals surface area contributed by atoms with Crippen molar-refractivity contribution in [3.63, 3.8) is 0 Å². The third-order valence-electron chi connectivity index (χ3n) is 3.00. The summed E-state index contributed by atoms with van der Waals surface area (Å²) in [6.45, 7) is 3.41. The molecule has 1 fully saturated rings. The molecule has 94 valence electrons. The monoisotopic (exact) mass is 246 g/mol. The molecule has 0 aromatic heterocycles. The Bertz CT molecular complexity index is 252. The van der Waals surface area contributed by atoms with Crippen LogP contribution in [-0.4, -0.2) is 40.8 Å². The molecule has 1 amide bonds. The topological polar surface area (TPSA) is 58.2 Å². The predicted molar refractivity (Wildman–Crippen MR) is 66.8 cm³/mol. The summed E-state index contributed by atoms with van der Waals surface area (Å²) in [6, 6.07) is 0.330. The van der Waals surface area contributed by atoms with E-state index in [1.807, 2.05) is 6.92 Å². The van der Waals surface area contributed by atoms with Crippen molar-refractivity contribution in [3.05, 3.63) is 0 Å². The molecule has 1 aliphatic heterocycles. The van der Waals surface area contributed by atoms with Crippen LogP contribution < -0.4 is 10.6 Å². The number of carbonyl (C=O) groups is 1. The van der Waals surface area contributed by atoms with E-state index < -0.39 is 10.8 Å². The van der Waals surface area contributed by atoms with E-state index in [1.165, 1.54) is 12.8 Å². The molecular weight excluding hydrogens is 224 g/mol. The minimum atomic E-state index is -0.864. The van der Waals surface area contributed by atoms with Crippen LogP contribution in [0.5, 0.6) is 0 Å². The zero-order valence-corrected chi connectivity index (χ0v) is 10.9. The maximum absolute atomic E-state index is 11.6. The van der Waals surface area contributed by atoms with Crippen molar-refractivity contribution in [1.82, 2.24) is 10.6 Å². The van der Waals surface area contributed by atoms with Crippen LogP contribution in [0.1, 0.15) is 32.6 Å². The molecule has 16 heavy (non-hydrogen) atoms. The second-order valence-electron chi connectivity index (χ2n) is 4.46. The van der Waals surface area contributed by atoms with Crippen LogP contribution in [0, 0.1) is 0 Å². The third-order valence-corrected chi connectivity index (χ3v) is 4.30. The summed E-state index contributed by atoms with van der Waals surface area (Å²) in [5.41, 5.74) is 0. The Hall–Kier alpha value is -0.420. The molecule has 1 saturated heterocycles. The van der Waals surface area contributed by atoms with E-state index in [2.05, 4.69) is 10.6 Å². The zero-order chi connectivity index (χ0) is 12.0. The highest BCUT2D eigenvalue weighted by atomic mass is 32.2. The lowest BCUT2D eigenvalue weighted by molar-refractivity contribution is -0.121. The average molecular weight is 246 g/mol. The van der Waals surface area contributed by atoms with Gasteiger partial charge in [0.1, 0.15) is 0 Å². The molecule has 2 N–H and O–H groups in total. The third kappa shape index (κ3) is 5.07. The van der Waals surface area contributed by atoms with Gasteiger partial charge in [0.05, 0.1) is 0 Å². The van der Waals surface area contributed by atoms with E-state index in [4.69, 9.17) is 0 Å². The number of piperidine rings is 1. The molecule has 5 heteroatoms. The summed E-state index contributed by atoms with van der Waals surface area (Å²) < 4.78 is 11.1. The van der Waals surface area contributed by atoms with Crippen LogP contribution in [0.25, 0.3) is 0 Å². The maximum Gasteiger partial charge on any atom is 0.221 e. The highest BCUT2D eigenvalue weighted by Gasteiger charge is 2.16. The van der Waals surface area contributed by atoms with Crippen LogP contribution in [0.3, 0.4) is 0 Å². The van der Waals surface area contributed by atoms with Crippen molar-refractivity contribution in [1.29, 1.82) is 0 Å². The van der Waals surface area contributed by atoms with Gasteiger partial charge in [0.2, 0.25) is 5.91 Å². The molecule has 0 saturated carbocycles. The smallest absolute Gasteiger partial charge is 0.221 e. The number of hydrogen-bond donors (Lipinski definition) is 2.